The van der Waals surface area contributed by atoms with Gasteiger partial charge in [-0.05, 0) is 59.4 Å². The van der Waals surface area contributed by atoms with Gasteiger partial charge in [0.25, 0.3) is 0 Å². The first kappa shape index (κ1) is 14.3. The molecule has 0 spiro atoms. The van der Waals surface area contributed by atoms with E-state index in [-0.39, 0.29) is 5.41 Å². The molecule has 1 heterocycles. The van der Waals surface area contributed by atoms with Crippen LogP contribution in [0.5, 0.6) is 0 Å². The molecule has 0 unspecified atom stereocenters. The summed E-state index contributed by atoms with van der Waals surface area (Å²) in [5.41, 5.74) is -0.0212. The van der Waals surface area contributed by atoms with E-state index in [4.69, 9.17) is 0 Å². The molecule has 2 aliphatic carbocycles. The van der Waals surface area contributed by atoms with E-state index in [0.29, 0.717) is 0 Å². The molecule has 3 nitrogen and oxygen atoms in total. The van der Waals surface area contributed by atoms with Crippen molar-refractivity contribution in [1.29, 1.82) is 0 Å². The Labute approximate surface area is 130 Å². The van der Waals surface area contributed by atoms with Crippen molar-refractivity contribution >= 4 is 21.7 Å². The van der Waals surface area contributed by atoms with Crippen molar-refractivity contribution in [3.8, 4) is 0 Å². The van der Waals surface area contributed by atoms with E-state index in [1.165, 1.54) is 25.7 Å². The van der Waals surface area contributed by atoms with Crippen LogP contribution in [0.3, 0.4) is 0 Å². The fraction of sp³-hybridized carbons (Fsp3) is 0.750. The van der Waals surface area contributed by atoms with Crippen molar-refractivity contribution < 1.29 is 0 Å². The number of nitrogens with one attached hydrogen (secondary N) is 1. The molecule has 0 radical (unpaired) electrons. The second-order valence-corrected chi connectivity index (χ2v) is 8.18. The minimum absolute atomic E-state index is 0.0212. The molecular weight excluding hydrogens is 314 g/mol. The Morgan fingerprint density at radius 1 is 1.20 bits per heavy atom. The van der Waals surface area contributed by atoms with Crippen LogP contribution in [0.4, 0.5) is 5.82 Å². The number of halogens is 1. The molecule has 4 heteroatoms. The zero-order valence-electron chi connectivity index (χ0n) is 12.6. The van der Waals surface area contributed by atoms with Gasteiger partial charge in [0.15, 0.2) is 0 Å². The van der Waals surface area contributed by atoms with Gasteiger partial charge in [-0.15, -0.1) is 0 Å². The summed E-state index contributed by atoms with van der Waals surface area (Å²) in [5, 5.41) is 3.56. The summed E-state index contributed by atoms with van der Waals surface area (Å²) in [4.78, 5) is 9.18. The van der Waals surface area contributed by atoms with Crippen molar-refractivity contribution in [1.82, 2.24) is 9.97 Å². The number of aromatic nitrogens is 2. The van der Waals surface area contributed by atoms with Crippen LogP contribution in [0, 0.1) is 17.8 Å². The third kappa shape index (κ3) is 3.51. The fourth-order valence-electron chi connectivity index (χ4n) is 2.83. The number of nitrogens with zero attached hydrogens (tertiary/aromatic N) is 2. The largest absolute Gasteiger partial charge is 0.370 e. The molecule has 0 atom stereocenters. The van der Waals surface area contributed by atoms with Gasteiger partial charge in [-0.25, -0.2) is 9.97 Å². The Bertz CT molecular complexity index is 475. The van der Waals surface area contributed by atoms with Gasteiger partial charge < -0.3 is 5.32 Å². The molecule has 2 aliphatic rings. The highest BCUT2D eigenvalue weighted by Gasteiger charge is 2.41. The number of rotatable bonds is 5. The van der Waals surface area contributed by atoms with Crippen LogP contribution in [0.15, 0.2) is 10.7 Å². The molecule has 2 fully saturated rings. The van der Waals surface area contributed by atoms with Crippen LogP contribution in [0.25, 0.3) is 0 Å². The minimum Gasteiger partial charge on any atom is -0.370 e. The number of hydrogen-bond donors (Lipinski definition) is 1. The van der Waals surface area contributed by atoms with Gasteiger partial charge in [-0.3, -0.25) is 0 Å². The van der Waals surface area contributed by atoms with Gasteiger partial charge in [0.05, 0.1) is 0 Å². The SMILES string of the molecule is CC(C)(C)c1nc(Br)cc(NCC(C2CC2)C2CC2)n1. The molecule has 1 aromatic heterocycles. The van der Waals surface area contributed by atoms with Crippen LogP contribution in [0.2, 0.25) is 0 Å². The first-order valence-electron chi connectivity index (χ1n) is 7.72. The summed E-state index contributed by atoms with van der Waals surface area (Å²) in [6.45, 7) is 7.52. The molecule has 20 heavy (non-hydrogen) atoms. The molecule has 0 bridgehead atoms. The van der Waals surface area contributed by atoms with Crippen molar-refractivity contribution in [3.05, 3.63) is 16.5 Å². The Kier molecular flexibility index (Phi) is 3.78. The van der Waals surface area contributed by atoms with Crippen LogP contribution >= 0.6 is 15.9 Å². The van der Waals surface area contributed by atoms with Crippen molar-refractivity contribution in [3.63, 3.8) is 0 Å². The van der Waals surface area contributed by atoms with Gasteiger partial charge >= 0.3 is 0 Å². The standard InChI is InChI=1S/C16H24BrN3/c1-16(2,3)15-19-13(17)8-14(20-15)18-9-12(10-4-5-10)11-6-7-11/h8,10-12H,4-7,9H2,1-3H3,(H,18,19,20). The van der Waals surface area contributed by atoms with E-state index < -0.39 is 0 Å². The zero-order chi connectivity index (χ0) is 14.3. The maximum atomic E-state index is 4.68. The van der Waals surface area contributed by atoms with Crippen molar-refractivity contribution in [2.24, 2.45) is 17.8 Å². The predicted molar refractivity (Wildman–Crippen MR) is 85.9 cm³/mol. The summed E-state index contributed by atoms with van der Waals surface area (Å²) < 4.78 is 0.870. The summed E-state index contributed by atoms with van der Waals surface area (Å²) in [6, 6.07) is 1.99. The molecule has 2 saturated carbocycles. The summed E-state index contributed by atoms with van der Waals surface area (Å²) in [5.74, 6) is 4.67. The first-order valence-corrected chi connectivity index (χ1v) is 8.52. The molecular formula is C16H24BrN3. The first-order chi connectivity index (χ1) is 9.43. The highest BCUT2D eigenvalue weighted by Crippen LogP contribution is 2.49. The summed E-state index contributed by atoms with van der Waals surface area (Å²) in [6.07, 6.45) is 5.74. The molecule has 0 amide bonds. The quantitative estimate of drug-likeness (QED) is 0.810. The topological polar surface area (TPSA) is 37.8 Å². The van der Waals surface area contributed by atoms with Crippen molar-refractivity contribution in [2.75, 3.05) is 11.9 Å². The van der Waals surface area contributed by atoms with E-state index in [1.807, 2.05) is 6.07 Å². The second kappa shape index (κ2) is 5.28. The Morgan fingerprint density at radius 2 is 1.80 bits per heavy atom. The van der Waals surface area contributed by atoms with E-state index in [1.54, 1.807) is 0 Å². The molecule has 110 valence electrons. The predicted octanol–water partition coefficient (Wildman–Crippen LogP) is 4.38. The summed E-state index contributed by atoms with van der Waals surface area (Å²) >= 11 is 3.50. The fourth-order valence-corrected chi connectivity index (χ4v) is 3.22. The van der Waals surface area contributed by atoms with Crippen LogP contribution in [-0.4, -0.2) is 16.5 Å². The Hall–Kier alpha value is -0.640. The normalized spacial score (nSPS) is 19.4. The van der Waals surface area contributed by atoms with Gasteiger partial charge in [0.1, 0.15) is 16.2 Å². The Morgan fingerprint density at radius 3 is 2.30 bits per heavy atom. The lowest BCUT2D eigenvalue weighted by Gasteiger charge is -2.20. The number of anilines is 1. The Balaban J connectivity index is 1.68. The summed E-state index contributed by atoms with van der Waals surface area (Å²) in [7, 11) is 0. The molecule has 1 aromatic rings. The third-order valence-corrected chi connectivity index (χ3v) is 4.75. The van der Waals surface area contributed by atoms with Gasteiger partial charge in [-0.1, -0.05) is 20.8 Å². The minimum atomic E-state index is -0.0212. The maximum Gasteiger partial charge on any atom is 0.137 e. The van der Waals surface area contributed by atoms with Crippen LogP contribution in [0.1, 0.15) is 52.3 Å². The van der Waals surface area contributed by atoms with Gasteiger partial charge in [-0.2, -0.15) is 0 Å². The zero-order valence-corrected chi connectivity index (χ0v) is 14.2. The molecule has 1 N–H and O–H groups in total. The molecule has 3 rings (SSSR count). The lowest BCUT2D eigenvalue weighted by atomic mass is 9.96. The average molecular weight is 338 g/mol. The maximum absolute atomic E-state index is 4.68. The van der Waals surface area contributed by atoms with Crippen LogP contribution in [-0.2, 0) is 5.41 Å². The highest BCUT2D eigenvalue weighted by atomic mass is 79.9. The molecule has 0 aliphatic heterocycles. The lowest BCUT2D eigenvalue weighted by molar-refractivity contribution is 0.427. The van der Waals surface area contributed by atoms with Gasteiger partial charge in [0.2, 0.25) is 0 Å². The second-order valence-electron chi connectivity index (χ2n) is 7.37. The van der Waals surface area contributed by atoms with Crippen molar-refractivity contribution in [2.45, 2.75) is 51.9 Å². The average Bonchev–Trinajstić information content (AvgIpc) is 3.22. The van der Waals surface area contributed by atoms with Gasteiger partial charge in [0, 0.05) is 18.0 Å². The number of hydrogen-bond acceptors (Lipinski definition) is 3. The molecule has 0 aromatic carbocycles. The molecule has 0 saturated heterocycles. The third-order valence-electron chi connectivity index (χ3n) is 4.34. The monoisotopic (exact) mass is 337 g/mol. The van der Waals surface area contributed by atoms with Crippen LogP contribution < -0.4 is 5.32 Å². The van der Waals surface area contributed by atoms with E-state index in [0.717, 1.165) is 40.5 Å². The van der Waals surface area contributed by atoms with E-state index in [2.05, 4.69) is 52.0 Å². The van der Waals surface area contributed by atoms with E-state index in [9.17, 15) is 0 Å². The smallest absolute Gasteiger partial charge is 0.137 e. The lowest BCUT2D eigenvalue weighted by Crippen LogP contribution is -2.21. The van der Waals surface area contributed by atoms with E-state index >= 15 is 0 Å². The highest BCUT2D eigenvalue weighted by molar-refractivity contribution is 9.10.